The van der Waals surface area contributed by atoms with E-state index in [2.05, 4.69) is 63.3 Å². The zero-order valence-corrected chi connectivity index (χ0v) is 13.7. The Labute approximate surface area is 125 Å². The van der Waals surface area contributed by atoms with Gasteiger partial charge in [-0.2, -0.15) is 0 Å². The van der Waals surface area contributed by atoms with Crippen LogP contribution in [-0.2, 0) is 5.41 Å². The smallest absolute Gasteiger partial charge is 0.00694 e. The third-order valence-electron chi connectivity index (χ3n) is 5.03. The fourth-order valence-electron chi connectivity index (χ4n) is 3.87. The molecule has 1 nitrogen and oxygen atoms in total. The molecule has 0 radical (unpaired) electrons. The van der Waals surface area contributed by atoms with Crippen molar-refractivity contribution in [3.63, 3.8) is 0 Å². The van der Waals surface area contributed by atoms with Crippen LogP contribution in [0.5, 0.6) is 0 Å². The van der Waals surface area contributed by atoms with Gasteiger partial charge in [-0.25, -0.2) is 0 Å². The standard InChI is InChI=1S/C19H31N/c1-15(20-16(2)17-10-8-9-11-17)14-19(3,4)18-12-6-5-7-13-18/h5-7,12-13,15-17,20H,8-11,14H2,1-4H3/t15?,16-/m0/s1. The van der Waals surface area contributed by atoms with Crippen molar-refractivity contribution in [3.8, 4) is 0 Å². The minimum Gasteiger partial charge on any atom is -0.311 e. The van der Waals surface area contributed by atoms with E-state index in [1.54, 1.807) is 0 Å². The monoisotopic (exact) mass is 273 g/mol. The Morgan fingerprint density at radius 3 is 2.30 bits per heavy atom. The summed E-state index contributed by atoms with van der Waals surface area (Å²) in [6.07, 6.45) is 6.89. The Balaban J connectivity index is 1.88. The number of benzene rings is 1. The van der Waals surface area contributed by atoms with Gasteiger partial charge in [0.15, 0.2) is 0 Å². The summed E-state index contributed by atoms with van der Waals surface area (Å²) in [5.41, 5.74) is 1.69. The first-order chi connectivity index (χ1) is 9.49. The average molecular weight is 273 g/mol. The SMILES string of the molecule is CC(CC(C)(C)c1ccccc1)N[C@@H](C)C1CCCC1. The highest BCUT2D eigenvalue weighted by molar-refractivity contribution is 5.23. The van der Waals surface area contributed by atoms with Crippen molar-refractivity contribution < 1.29 is 0 Å². The van der Waals surface area contributed by atoms with Crippen molar-refractivity contribution in [1.82, 2.24) is 5.32 Å². The van der Waals surface area contributed by atoms with Crippen molar-refractivity contribution in [1.29, 1.82) is 0 Å². The van der Waals surface area contributed by atoms with Crippen LogP contribution in [-0.4, -0.2) is 12.1 Å². The molecular formula is C19H31N. The van der Waals surface area contributed by atoms with Crippen molar-refractivity contribution in [2.75, 3.05) is 0 Å². The summed E-state index contributed by atoms with van der Waals surface area (Å²) < 4.78 is 0. The fraction of sp³-hybridized carbons (Fsp3) is 0.684. The lowest BCUT2D eigenvalue weighted by atomic mass is 9.79. The summed E-state index contributed by atoms with van der Waals surface area (Å²) in [6.45, 7) is 9.44. The molecule has 20 heavy (non-hydrogen) atoms. The van der Waals surface area contributed by atoms with Crippen LogP contribution in [0, 0.1) is 5.92 Å². The number of rotatable bonds is 6. The molecule has 0 saturated heterocycles. The van der Waals surface area contributed by atoms with Crippen LogP contribution in [0.2, 0.25) is 0 Å². The number of hydrogen-bond donors (Lipinski definition) is 1. The highest BCUT2D eigenvalue weighted by atomic mass is 14.9. The third-order valence-corrected chi connectivity index (χ3v) is 5.03. The Kier molecular flexibility index (Phi) is 5.26. The summed E-state index contributed by atoms with van der Waals surface area (Å²) in [7, 11) is 0. The molecule has 1 aromatic rings. The maximum Gasteiger partial charge on any atom is 0.00694 e. The van der Waals surface area contributed by atoms with E-state index in [1.165, 1.54) is 37.7 Å². The molecule has 2 atom stereocenters. The molecule has 1 aliphatic rings. The average Bonchev–Trinajstić information content (AvgIpc) is 2.93. The number of hydrogen-bond acceptors (Lipinski definition) is 1. The molecule has 0 aliphatic heterocycles. The highest BCUT2D eigenvalue weighted by Gasteiger charge is 2.26. The second-order valence-electron chi connectivity index (χ2n) is 7.35. The summed E-state index contributed by atoms with van der Waals surface area (Å²) in [4.78, 5) is 0. The van der Waals surface area contributed by atoms with E-state index in [0.29, 0.717) is 12.1 Å². The molecule has 0 spiro atoms. The van der Waals surface area contributed by atoms with Gasteiger partial charge in [0.25, 0.3) is 0 Å². The van der Waals surface area contributed by atoms with E-state index in [9.17, 15) is 0 Å². The zero-order valence-electron chi connectivity index (χ0n) is 13.7. The lowest BCUT2D eigenvalue weighted by Crippen LogP contribution is -2.41. The molecule has 0 bridgehead atoms. The molecule has 0 heterocycles. The van der Waals surface area contributed by atoms with Gasteiger partial charge in [0, 0.05) is 12.1 Å². The van der Waals surface area contributed by atoms with Gasteiger partial charge in [0.2, 0.25) is 0 Å². The van der Waals surface area contributed by atoms with E-state index < -0.39 is 0 Å². The minimum atomic E-state index is 0.239. The Bertz CT molecular complexity index is 389. The van der Waals surface area contributed by atoms with Gasteiger partial charge in [-0.05, 0) is 50.0 Å². The van der Waals surface area contributed by atoms with E-state index in [0.717, 1.165) is 5.92 Å². The van der Waals surface area contributed by atoms with Crippen LogP contribution in [0.4, 0.5) is 0 Å². The number of nitrogens with one attached hydrogen (secondary N) is 1. The van der Waals surface area contributed by atoms with Gasteiger partial charge in [0.05, 0.1) is 0 Å². The van der Waals surface area contributed by atoms with Crippen LogP contribution in [0.25, 0.3) is 0 Å². The van der Waals surface area contributed by atoms with Gasteiger partial charge in [-0.15, -0.1) is 0 Å². The van der Waals surface area contributed by atoms with E-state index >= 15 is 0 Å². The molecule has 1 saturated carbocycles. The van der Waals surface area contributed by atoms with Gasteiger partial charge in [-0.3, -0.25) is 0 Å². The molecule has 0 aromatic heterocycles. The first-order valence-electron chi connectivity index (χ1n) is 8.30. The maximum atomic E-state index is 3.85. The second kappa shape index (κ2) is 6.76. The van der Waals surface area contributed by atoms with Gasteiger partial charge < -0.3 is 5.32 Å². The zero-order chi connectivity index (χ0) is 14.6. The predicted molar refractivity (Wildman–Crippen MR) is 88.1 cm³/mol. The minimum absolute atomic E-state index is 0.239. The largest absolute Gasteiger partial charge is 0.311 e. The van der Waals surface area contributed by atoms with E-state index in [4.69, 9.17) is 0 Å². The van der Waals surface area contributed by atoms with Crippen molar-refractivity contribution in [2.24, 2.45) is 5.92 Å². The van der Waals surface area contributed by atoms with Crippen molar-refractivity contribution in [2.45, 2.75) is 77.3 Å². The fourth-order valence-corrected chi connectivity index (χ4v) is 3.87. The Hall–Kier alpha value is -0.820. The van der Waals surface area contributed by atoms with E-state index in [1.807, 2.05) is 0 Å². The molecule has 1 N–H and O–H groups in total. The van der Waals surface area contributed by atoms with Gasteiger partial charge in [0.1, 0.15) is 0 Å². The van der Waals surface area contributed by atoms with Crippen LogP contribution < -0.4 is 5.32 Å². The van der Waals surface area contributed by atoms with Crippen LogP contribution >= 0.6 is 0 Å². The molecule has 1 fully saturated rings. The normalized spacial score (nSPS) is 20.0. The van der Waals surface area contributed by atoms with Crippen molar-refractivity contribution >= 4 is 0 Å². The Morgan fingerprint density at radius 2 is 1.70 bits per heavy atom. The predicted octanol–water partition coefficient (Wildman–Crippen LogP) is 4.91. The summed E-state index contributed by atoms with van der Waals surface area (Å²) in [6, 6.07) is 12.1. The summed E-state index contributed by atoms with van der Waals surface area (Å²) in [5, 5.41) is 3.85. The Morgan fingerprint density at radius 1 is 1.10 bits per heavy atom. The molecule has 1 unspecified atom stereocenters. The molecule has 0 amide bonds. The molecule has 112 valence electrons. The van der Waals surface area contributed by atoms with Crippen LogP contribution in [0.1, 0.15) is 65.4 Å². The van der Waals surface area contributed by atoms with Gasteiger partial charge >= 0.3 is 0 Å². The molecule has 1 aromatic carbocycles. The second-order valence-corrected chi connectivity index (χ2v) is 7.35. The van der Waals surface area contributed by atoms with Gasteiger partial charge in [-0.1, -0.05) is 57.0 Å². The molecule has 1 aliphatic carbocycles. The summed E-state index contributed by atoms with van der Waals surface area (Å²) >= 11 is 0. The van der Waals surface area contributed by atoms with Crippen LogP contribution in [0.15, 0.2) is 30.3 Å². The lowest BCUT2D eigenvalue weighted by Gasteiger charge is -2.32. The quantitative estimate of drug-likeness (QED) is 0.776. The third kappa shape index (κ3) is 4.09. The molecule has 1 heteroatoms. The topological polar surface area (TPSA) is 12.0 Å². The maximum absolute atomic E-state index is 3.85. The summed E-state index contributed by atoms with van der Waals surface area (Å²) in [5.74, 6) is 0.900. The molecule has 2 rings (SSSR count). The first kappa shape index (κ1) is 15.6. The van der Waals surface area contributed by atoms with E-state index in [-0.39, 0.29) is 5.41 Å². The van der Waals surface area contributed by atoms with Crippen molar-refractivity contribution in [3.05, 3.63) is 35.9 Å². The first-order valence-corrected chi connectivity index (χ1v) is 8.30. The highest BCUT2D eigenvalue weighted by Crippen LogP contribution is 2.30. The molecular weight excluding hydrogens is 242 g/mol. The van der Waals surface area contributed by atoms with Crippen LogP contribution in [0.3, 0.4) is 0 Å². The lowest BCUT2D eigenvalue weighted by molar-refractivity contribution is 0.309.